The van der Waals surface area contributed by atoms with Gasteiger partial charge in [0.15, 0.2) is 5.54 Å². The van der Waals surface area contributed by atoms with Crippen molar-refractivity contribution in [3.8, 4) is 0 Å². The van der Waals surface area contributed by atoms with E-state index in [1.807, 2.05) is 48.5 Å². The Morgan fingerprint density at radius 3 is 2.16 bits per heavy atom. The molecule has 0 aromatic heterocycles. The van der Waals surface area contributed by atoms with Crippen LogP contribution in [0.25, 0.3) is 0 Å². The van der Waals surface area contributed by atoms with E-state index in [-0.39, 0.29) is 18.7 Å². The number of aliphatic hydroxyl groups excluding tert-OH is 1. The number of carbonyl (C=O) groups excluding carboxylic acids is 1. The lowest BCUT2D eigenvalue weighted by molar-refractivity contribution is -0.384. The zero-order valence-corrected chi connectivity index (χ0v) is 17.1. The minimum absolute atomic E-state index is 0.100. The molecule has 3 rings (SSSR count). The summed E-state index contributed by atoms with van der Waals surface area (Å²) >= 11 is 0. The molecule has 2 N–H and O–H groups in total. The van der Waals surface area contributed by atoms with E-state index in [4.69, 9.17) is 4.74 Å². The highest BCUT2D eigenvalue weighted by Gasteiger charge is 2.47. The lowest BCUT2D eigenvalue weighted by Gasteiger charge is -2.37. The first kappa shape index (κ1) is 22.0. The molecule has 31 heavy (non-hydrogen) atoms. The number of nitro groups is 1. The maximum atomic E-state index is 13.3. The van der Waals surface area contributed by atoms with Crippen molar-refractivity contribution < 1.29 is 19.6 Å². The summed E-state index contributed by atoms with van der Waals surface area (Å²) in [5.41, 5.74) is 0.150. The van der Waals surface area contributed by atoms with Crippen LogP contribution in [0.4, 0.5) is 11.4 Å². The molecular weight excluding hydrogens is 396 g/mol. The number of benzene rings is 3. The second-order valence-electron chi connectivity index (χ2n) is 7.10. The third-order valence-electron chi connectivity index (χ3n) is 4.99. The van der Waals surface area contributed by atoms with Gasteiger partial charge in [0.25, 0.3) is 5.69 Å². The molecule has 0 aliphatic rings. The van der Waals surface area contributed by atoms with Crippen molar-refractivity contribution in [3.63, 3.8) is 0 Å². The molecule has 2 atom stereocenters. The van der Waals surface area contributed by atoms with Gasteiger partial charge in [-0.05, 0) is 42.3 Å². The van der Waals surface area contributed by atoms with Crippen LogP contribution < -0.4 is 5.32 Å². The predicted molar refractivity (Wildman–Crippen MR) is 118 cm³/mol. The highest BCUT2D eigenvalue weighted by molar-refractivity contribution is 5.86. The highest BCUT2D eigenvalue weighted by Crippen LogP contribution is 2.35. The van der Waals surface area contributed by atoms with Gasteiger partial charge in [0, 0.05) is 24.2 Å². The van der Waals surface area contributed by atoms with E-state index in [1.165, 1.54) is 24.3 Å². The van der Waals surface area contributed by atoms with Gasteiger partial charge >= 0.3 is 5.97 Å². The van der Waals surface area contributed by atoms with Crippen molar-refractivity contribution >= 4 is 17.3 Å². The second-order valence-corrected chi connectivity index (χ2v) is 7.10. The van der Waals surface area contributed by atoms with E-state index in [9.17, 15) is 20.0 Å². The Balaban J connectivity index is 2.10. The minimum Gasteiger partial charge on any atom is -0.464 e. The predicted octanol–water partition coefficient (Wildman–Crippen LogP) is 4.28. The molecule has 160 valence electrons. The molecule has 0 radical (unpaired) electrons. The van der Waals surface area contributed by atoms with Crippen molar-refractivity contribution in [3.05, 3.63) is 106 Å². The van der Waals surface area contributed by atoms with Gasteiger partial charge in [-0.15, -0.1) is 0 Å². The molecule has 0 aliphatic heterocycles. The lowest BCUT2D eigenvalue weighted by atomic mass is 9.81. The standard InChI is InChI=1S/C24H24N2O5/c1-2-31-23(28)24(17-18-9-5-3-6-10-18,25-20-11-7-4-8-12-20)22(27)19-13-15-21(16-14-19)26(29)30/h3-16,22,25,27H,2,17H2,1H3. The van der Waals surface area contributed by atoms with Crippen molar-refractivity contribution in [1.82, 2.24) is 0 Å². The van der Waals surface area contributed by atoms with Gasteiger partial charge in [0.05, 0.1) is 11.5 Å². The highest BCUT2D eigenvalue weighted by atomic mass is 16.6. The molecule has 2 unspecified atom stereocenters. The Labute approximate surface area is 180 Å². The summed E-state index contributed by atoms with van der Waals surface area (Å²) in [4.78, 5) is 23.8. The average Bonchev–Trinajstić information content (AvgIpc) is 2.79. The topological polar surface area (TPSA) is 102 Å². The van der Waals surface area contributed by atoms with Crippen LogP contribution in [0.1, 0.15) is 24.2 Å². The Morgan fingerprint density at radius 2 is 1.61 bits per heavy atom. The summed E-state index contributed by atoms with van der Waals surface area (Å²) < 4.78 is 5.39. The first-order valence-electron chi connectivity index (χ1n) is 9.93. The number of hydrogen-bond acceptors (Lipinski definition) is 6. The summed E-state index contributed by atoms with van der Waals surface area (Å²) in [6.45, 7) is 1.84. The molecule has 0 bridgehead atoms. The number of ether oxygens (including phenoxy) is 1. The van der Waals surface area contributed by atoms with Crippen molar-refractivity contribution in [2.75, 3.05) is 11.9 Å². The maximum absolute atomic E-state index is 13.3. The van der Waals surface area contributed by atoms with Crippen molar-refractivity contribution in [1.29, 1.82) is 0 Å². The van der Waals surface area contributed by atoms with Crippen molar-refractivity contribution in [2.24, 2.45) is 0 Å². The monoisotopic (exact) mass is 420 g/mol. The minimum atomic E-state index is -1.56. The maximum Gasteiger partial charge on any atom is 0.335 e. The number of non-ortho nitro benzene ring substituents is 1. The molecule has 3 aromatic rings. The zero-order valence-electron chi connectivity index (χ0n) is 17.1. The number of nitrogens with one attached hydrogen (secondary N) is 1. The van der Waals surface area contributed by atoms with Gasteiger partial charge in [-0.3, -0.25) is 10.1 Å². The zero-order chi connectivity index (χ0) is 22.3. The summed E-state index contributed by atoms with van der Waals surface area (Å²) in [6.07, 6.45) is -1.20. The Bertz CT molecular complexity index is 966. The van der Waals surface area contributed by atoms with E-state index in [1.54, 1.807) is 19.1 Å². The Hall–Kier alpha value is -3.71. The average molecular weight is 420 g/mol. The van der Waals surface area contributed by atoms with Crippen LogP contribution >= 0.6 is 0 Å². The number of hydrogen-bond donors (Lipinski definition) is 2. The van der Waals surface area contributed by atoms with Gasteiger partial charge in [-0.2, -0.15) is 0 Å². The Kier molecular flexibility index (Phi) is 6.99. The lowest BCUT2D eigenvalue weighted by Crippen LogP contribution is -2.54. The van der Waals surface area contributed by atoms with Gasteiger partial charge in [-0.25, -0.2) is 4.79 Å². The number of anilines is 1. The van der Waals surface area contributed by atoms with E-state index < -0.39 is 22.5 Å². The van der Waals surface area contributed by atoms with E-state index in [0.29, 0.717) is 11.3 Å². The van der Waals surface area contributed by atoms with Crippen LogP contribution in [-0.2, 0) is 16.0 Å². The van der Waals surface area contributed by atoms with Gasteiger partial charge in [0.2, 0.25) is 0 Å². The largest absolute Gasteiger partial charge is 0.464 e. The van der Waals surface area contributed by atoms with Gasteiger partial charge in [0.1, 0.15) is 6.10 Å². The van der Waals surface area contributed by atoms with Crippen LogP contribution in [0.15, 0.2) is 84.9 Å². The number of nitro benzene ring substituents is 1. The van der Waals surface area contributed by atoms with E-state index in [0.717, 1.165) is 5.56 Å². The molecular formula is C24H24N2O5. The first-order chi connectivity index (χ1) is 15.0. The molecule has 0 saturated heterocycles. The summed E-state index contributed by atoms with van der Waals surface area (Å²) in [5, 5.41) is 25.7. The fourth-order valence-corrected chi connectivity index (χ4v) is 3.46. The molecule has 3 aromatic carbocycles. The molecule has 0 amide bonds. The smallest absolute Gasteiger partial charge is 0.335 e. The number of carbonyl (C=O) groups is 1. The van der Waals surface area contributed by atoms with Crippen LogP contribution in [0.3, 0.4) is 0 Å². The van der Waals surface area contributed by atoms with E-state index in [2.05, 4.69) is 5.32 Å². The first-order valence-corrected chi connectivity index (χ1v) is 9.93. The fraction of sp³-hybridized carbons (Fsp3) is 0.208. The quantitative estimate of drug-likeness (QED) is 0.304. The number of aliphatic hydroxyl groups is 1. The molecule has 0 heterocycles. The molecule has 0 fully saturated rings. The van der Waals surface area contributed by atoms with E-state index >= 15 is 0 Å². The number of rotatable bonds is 9. The molecule has 7 nitrogen and oxygen atoms in total. The van der Waals surface area contributed by atoms with Crippen LogP contribution in [0.5, 0.6) is 0 Å². The third-order valence-corrected chi connectivity index (χ3v) is 4.99. The molecule has 0 aliphatic carbocycles. The number of para-hydroxylation sites is 1. The third kappa shape index (κ3) is 5.07. The van der Waals surface area contributed by atoms with Crippen LogP contribution in [-0.4, -0.2) is 28.1 Å². The van der Waals surface area contributed by atoms with Gasteiger partial charge in [-0.1, -0.05) is 48.5 Å². The summed E-state index contributed by atoms with van der Waals surface area (Å²) in [7, 11) is 0. The number of esters is 1. The Morgan fingerprint density at radius 1 is 1.03 bits per heavy atom. The van der Waals surface area contributed by atoms with Crippen molar-refractivity contribution in [2.45, 2.75) is 25.0 Å². The summed E-state index contributed by atoms with van der Waals surface area (Å²) in [5.74, 6) is -0.617. The number of nitrogens with zero attached hydrogens (tertiary/aromatic N) is 1. The molecule has 0 saturated carbocycles. The molecule has 0 spiro atoms. The summed E-state index contributed by atoms with van der Waals surface area (Å²) in [6, 6.07) is 23.9. The van der Waals surface area contributed by atoms with Crippen LogP contribution in [0, 0.1) is 10.1 Å². The normalized spacial score (nSPS) is 13.6. The van der Waals surface area contributed by atoms with Crippen LogP contribution in [0.2, 0.25) is 0 Å². The molecule has 7 heteroatoms. The fourth-order valence-electron chi connectivity index (χ4n) is 3.46. The van der Waals surface area contributed by atoms with Gasteiger partial charge < -0.3 is 15.2 Å². The second kappa shape index (κ2) is 9.86. The SMILES string of the molecule is CCOC(=O)C(Cc1ccccc1)(Nc1ccccc1)C(O)c1ccc([N+](=O)[O-])cc1.